The average molecular weight is 295 g/mol. The van der Waals surface area contributed by atoms with Crippen molar-refractivity contribution >= 4 is 10.9 Å². The predicted octanol–water partition coefficient (Wildman–Crippen LogP) is 3.67. The van der Waals surface area contributed by atoms with Gasteiger partial charge in [0.15, 0.2) is 0 Å². The van der Waals surface area contributed by atoms with E-state index < -0.39 is 0 Å². The summed E-state index contributed by atoms with van der Waals surface area (Å²) < 4.78 is 6.41. The van der Waals surface area contributed by atoms with E-state index in [0.29, 0.717) is 16.6 Å². The number of phenols is 1. The monoisotopic (exact) mass is 295 g/mol. The number of rotatable bonds is 3. The molecule has 1 aliphatic rings. The Kier molecular flexibility index (Phi) is 4.29. The number of hydrogen-bond donors (Lipinski definition) is 1. The molecule has 0 bridgehead atoms. The maximum Gasteiger partial charge on any atom is 0.127 e. The van der Waals surface area contributed by atoms with Gasteiger partial charge in [0.25, 0.3) is 0 Å². The highest BCUT2D eigenvalue weighted by atomic mass is 32.2. The highest BCUT2D eigenvalue weighted by molar-refractivity contribution is 7.95. The van der Waals surface area contributed by atoms with Crippen LogP contribution in [0.1, 0.15) is 42.0 Å². The second-order valence-corrected chi connectivity index (χ2v) is 8.90. The molecule has 0 aromatic heterocycles. The molecular weight excluding hydrogens is 268 g/mol. The minimum atomic E-state index is -0.0507. The lowest BCUT2D eigenvalue weighted by molar-refractivity contribution is 0.0609. The summed E-state index contributed by atoms with van der Waals surface area (Å²) in [4.78, 5) is 0. The summed E-state index contributed by atoms with van der Waals surface area (Å²) in [5, 5.41) is 10.2. The fourth-order valence-corrected chi connectivity index (χ4v) is 3.73. The van der Waals surface area contributed by atoms with Crippen LogP contribution in [0.25, 0.3) is 0 Å². The van der Waals surface area contributed by atoms with Gasteiger partial charge in [-0.05, 0) is 68.1 Å². The van der Waals surface area contributed by atoms with Gasteiger partial charge in [0.2, 0.25) is 0 Å². The van der Waals surface area contributed by atoms with Gasteiger partial charge in [-0.15, -0.1) is 0 Å². The Balaban J connectivity index is 2.35. The van der Waals surface area contributed by atoms with E-state index >= 15 is 0 Å². The standard InChI is InChI=1S/C17H26O2S/c1-11-12(2)16-14(13(3)15(11)18)7-8-17(4,19-16)9-10-20(5)6/h7-10H2,1-6H3/p+1/t17-/m1/s1. The lowest BCUT2D eigenvalue weighted by Gasteiger charge is -2.37. The minimum Gasteiger partial charge on any atom is -0.507 e. The first-order chi connectivity index (χ1) is 9.25. The molecule has 1 N–H and O–H groups in total. The molecule has 0 unspecified atom stereocenters. The number of hydrogen-bond acceptors (Lipinski definition) is 2. The largest absolute Gasteiger partial charge is 0.507 e. The van der Waals surface area contributed by atoms with Crippen molar-refractivity contribution in [3.05, 3.63) is 22.3 Å². The summed E-state index contributed by atoms with van der Waals surface area (Å²) in [6.45, 7) is 8.27. The van der Waals surface area contributed by atoms with Crippen LogP contribution in [0, 0.1) is 20.8 Å². The molecule has 0 amide bonds. The van der Waals surface area contributed by atoms with Crippen LogP contribution in [0.2, 0.25) is 0 Å². The summed E-state index contributed by atoms with van der Waals surface area (Å²) in [5.74, 6) is 2.69. The first kappa shape index (κ1) is 15.6. The second-order valence-electron chi connectivity index (χ2n) is 6.52. The van der Waals surface area contributed by atoms with E-state index in [0.717, 1.165) is 41.7 Å². The maximum absolute atomic E-state index is 10.2. The Morgan fingerprint density at radius 2 is 1.80 bits per heavy atom. The Labute approximate surface area is 125 Å². The van der Waals surface area contributed by atoms with E-state index in [1.165, 1.54) is 11.3 Å². The molecule has 0 radical (unpaired) electrons. The molecular formula is C17H27O2S+. The van der Waals surface area contributed by atoms with Crippen molar-refractivity contribution in [2.75, 3.05) is 18.3 Å². The molecule has 0 aliphatic carbocycles. The zero-order chi connectivity index (χ0) is 15.1. The first-order valence-corrected chi connectivity index (χ1v) is 9.51. The molecule has 1 aromatic rings. The van der Waals surface area contributed by atoms with E-state index in [1.54, 1.807) is 0 Å². The van der Waals surface area contributed by atoms with Gasteiger partial charge in [0.1, 0.15) is 22.9 Å². The third-order valence-electron chi connectivity index (χ3n) is 4.63. The smallest absolute Gasteiger partial charge is 0.127 e. The minimum absolute atomic E-state index is 0.0507. The second kappa shape index (κ2) is 5.51. The normalized spacial score (nSPS) is 21.8. The zero-order valence-electron chi connectivity index (χ0n) is 13.6. The van der Waals surface area contributed by atoms with Gasteiger partial charge in [0.05, 0.1) is 12.5 Å². The quantitative estimate of drug-likeness (QED) is 0.862. The summed E-state index contributed by atoms with van der Waals surface area (Å²) >= 11 is 0. The van der Waals surface area contributed by atoms with Crippen LogP contribution in [0.3, 0.4) is 0 Å². The van der Waals surface area contributed by atoms with Crippen LogP contribution in [0.15, 0.2) is 0 Å². The Bertz CT molecular complexity index is 522. The van der Waals surface area contributed by atoms with E-state index in [1.807, 2.05) is 13.8 Å². The molecule has 0 saturated heterocycles. The highest BCUT2D eigenvalue weighted by Gasteiger charge is 2.35. The van der Waals surface area contributed by atoms with E-state index in [9.17, 15) is 5.11 Å². The number of ether oxygens (including phenoxy) is 1. The van der Waals surface area contributed by atoms with Crippen LogP contribution in [-0.4, -0.2) is 29.0 Å². The van der Waals surface area contributed by atoms with E-state index in [2.05, 4.69) is 26.4 Å². The highest BCUT2D eigenvalue weighted by Crippen LogP contribution is 2.44. The number of fused-ring (bicyclic) bond motifs is 1. The molecule has 0 spiro atoms. The molecule has 1 heterocycles. The van der Waals surface area contributed by atoms with E-state index in [4.69, 9.17) is 4.74 Å². The van der Waals surface area contributed by atoms with Crippen LogP contribution in [0.5, 0.6) is 11.5 Å². The van der Waals surface area contributed by atoms with E-state index in [-0.39, 0.29) is 5.60 Å². The van der Waals surface area contributed by atoms with Gasteiger partial charge in [-0.3, -0.25) is 0 Å². The average Bonchev–Trinajstić information content (AvgIpc) is 2.41. The molecule has 1 atom stereocenters. The fraction of sp³-hybridized carbons (Fsp3) is 0.647. The molecule has 20 heavy (non-hydrogen) atoms. The SMILES string of the molecule is Cc1c(C)c2c(c(C)c1O)CC[C@](C)(CC[S+](C)C)O2. The summed E-state index contributed by atoms with van der Waals surface area (Å²) in [7, 11) is 0.461. The van der Waals surface area contributed by atoms with Crippen LogP contribution < -0.4 is 4.74 Å². The van der Waals surface area contributed by atoms with Gasteiger partial charge in [-0.25, -0.2) is 0 Å². The Hall–Kier alpha value is -0.830. The lowest BCUT2D eigenvalue weighted by atomic mass is 9.86. The Morgan fingerprint density at radius 3 is 2.40 bits per heavy atom. The van der Waals surface area contributed by atoms with Crippen molar-refractivity contribution in [3.8, 4) is 11.5 Å². The van der Waals surface area contributed by atoms with Gasteiger partial charge < -0.3 is 9.84 Å². The van der Waals surface area contributed by atoms with Crippen LogP contribution in [0.4, 0.5) is 0 Å². The molecule has 112 valence electrons. The van der Waals surface area contributed by atoms with Crippen molar-refractivity contribution in [1.82, 2.24) is 0 Å². The number of benzene rings is 1. The third-order valence-corrected chi connectivity index (χ3v) is 5.65. The topological polar surface area (TPSA) is 29.5 Å². The summed E-state index contributed by atoms with van der Waals surface area (Å²) in [6, 6.07) is 0. The molecule has 0 saturated carbocycles. The molecule has 1 aliphatic heterocycles. The number of phenolic OH excluding ortho intramolecular Hbond substituents is 1. The summed E-state index contributed by atoms with van der Waals surface area (Å²) in [6.07, 6.45) is 7.74. The Morgan fingerprint density at radius 1 is 1.15 bits per heavy atom. The van der Waals surface area contributed by atoms with Gasteiger partial charge in [0, 0.05) is 12.0 Å². The predicted molar refractivity (Wildman–Crippen MR) is 88.4 cm³/mol. The fourth-order valence-electron chi connectivity index (χ4n) is 2.89. The van der Waals surface area contributed by atoms with Gasteiger partial charge >= 0.3 is 0 Å². The molecule has 1 aromatic carbocycles. The maximum atomic E-state index is 10.2. The van der Waals surface area contributed by atoms with Crippen molar-refractivity contribution in [2.45, 2.75) is 52.6 Å². The number of aromatic hydroxyl groups is 1. The van der Waals surface area contributed by atoms with Gasteiger partial charge in [-0.2, -0.15) is 0 Å². The first-order valence-electron chi connectivity index (χ1n) is 7.30. The molecule has 2 nitrogen and oxygen atoms in total. The molecule has 3 heteroatoms. The molecule has 0 fully saturated rings. The van der Waals surface area contributed by atoms with Gasteiger partial charge in [-0.1, -0.05) is 0 Å². The van der Waals surface area contributed by atoms with Crippen molar-refractivity contribution in [3.63, 3.8) is 0 Å². The lowest BCUT2D eigenvalue weighted by Crippen LogP contribution is -2.38. The molecule has 2 rings (SSSR count). The van der Waals surface area contributed by atoms with Crippen molar-refractivity contribution < 1.29 is 9.84 Å². The summed E-state index contributed by atoms with van der Waals surface area (Å²) in [5.41, 5.74) is 4.20. The van der Waals surface area contributed by atoms with Crippen molar-refractivity contribution in [1.29, 1.82) is 0 Å². The zero-order valence-corrected chi connectivity index (χ0v) is 14.4. The van der Waals surface area contributed by atoms with Crippen LogP contribution >= 0.6 is 0 Å². The van der Waals surface area contributed by atoms with Crippen LogP contribution in [-0.2, 0) is 17.3 Å². The van der Waals surface area contributed by atoms with Crippen molar-refractivity contribution in [2.24, 2.45) is 0 Å². The third kappa shape index (κ3) is 2.78.